The highest BCUT2D eigenvalue weighted by molar-refractivity contribution is 14.0. The standard InChI is InChI=1S/C22H42N4O2S.HI/c1-23-21(25-11-7-20(8-12-25)28-16-6-15-27-2)24-19-22(9-4-3-5-10-22)26-13-17-29-18-14-26;/h20H,3-19H2,1-2H3,(H,23,24);1H. The number of nitrogens with one attached hydrogen (secondary N) is 1. The third kappa shape index (κ3) is 7.67. The molecular formula is C22H43IN4O2S. The van der Waals surface area contributed by atoms with Crippen molar-refractivity contribution in [1.82, 2.24) is 15.1 Å². The minimum atomic E-state index is 0. The van der Waals surface area contributed by atoms with E-state index >= 15 is 0 Å². The first-order chi connectivity index (χ1) is 14.3. The van der Waals surface area contributed by atoms with E-state index in [-0.39, 0.29) is 24.0 Å². The van der Waals surface area contributed by atoms with Crippen LogP contribution in [0.25, 0.3) is 0 Å². The molecule has 6 nitrogen and oxygen atoms in total. The first-order valence-electron chi connectivity index (χ1n) is 11.7. The van der Waals surface area contributed by atoms with Gasteiger partial charge in [-0.15, -0.1) is 24.0 Å². The maximum Gasteiger partial charge on any atom is 0.193 e. The smallest absolute Gasteiger partial charge is 0.193 e. The maximum atomic E-state index is 6.02. The number of guanidine groups is 1. The average molecular weight is 555 g/mol. The van der Waals surface area contributed by atoms with Gasteiger partial charge in [0, 0.05) is 77.1 Å². The Hall–Kier alpha value is 0.230. The summed E-state index contributed by atoms with van der Waals surface area (Å²) in [6, 6.07) is 0. The van der Waals surface area contributed by atoms with E-state index in [4.69, 9.17) is 9.47 Å². The molecule has 0 aromatic heterocycles. The summed E-state index contributed by atoms with van der Waals surface area (Å²) in [6.45, 7) is 7.18. The Kier molecular flexibility index (Phi) is 12.7. The van der Waals surface area contributed by atoms with Gasteiger partial charge in [0.2, 0.25) is 0 Å². The van der Waals surface area contributed by atoms with Crippen molar-refractivity contribution in [3.05, 3.63) is 0 Å². The summed E-state index contributed by atoms with van der Waals surface area (Å²) < 4.78 is 11.1. The highest BCUT2D eigenvalue weighted by Gasteiger charge is 2.38. The van der Waals surface area contributed by atoms with E-state index in [9.17, 15) is 0 Å². The number of hydrogen-bond acceptors (Lipinski definition) is 5. The van der Waals surface area contributed by atoms with Gasteiger partial charge in [0.05, 0.1) is 6.10 Å². The van der Waals surface area contributed by atoms with E-state index < -0.39 is 0 Å². The van der Waals surface area contributed by atoms with Gasteiger partial charge in [0.1, 0.15) is 0 Å². The Bertz CT molecular complexity index is 492. The van der Waals surface area contributed by atoms with Gasteiger partial charge < -0.3 is 19.7 Å². The van der Waals surface area contributed by atoms with Gasteiger partial charge in [0.15, 0.2) is 5.96 Å². The van der Waals surface area contributed by atoms with Crippen LogP contribution in [0.15, 0.2) is 4.99 Å². The van der Waals surface area contributed by atoms with Crippen LogP contribution in [0.5, 0.6) is 0 Å². The van der Waals surface area contributed by atoms with E-state index in [1.54, 1.807) is 7.11 Å². The lowest BCUT2D eigenvalue weighted by Crippen LogP contribution is -2.60. The first kappa shape index (κ1) is 26.5. The quantitative estimate of drug-likeness (QED) is 0.215. The van der Waals surface area contributed by atoms with Crippen LogP contribution >= 0.6 is 35.7 Å². The van der Waals surface area contributed by atoms with Crippen molar-refractivity contribution in [2.75, 3.05) is 71.6 Å². The number of aliphatic imine (C=N–C) groups is 1. The number of hydrogen-bond donors (Lipinski definition) is 1. The predicted octanol–water partition coefficient (Wildman–Crippen LogP) is 3.45. The Morgan fingerprint density at radius 2 is 1.77 bits per heavy atom. The van der Waals surface area contributed by atoms with Crippen LogP contribution in [-0.2, 0) is 9.47 Å². The number of ether oxygens (including phenoxy) is 2. The van der Waals surface area contributed by atoms with Crippen molar-refractivity contribution >= 4 is 41.7 Å². The molecule has 0 bridgehead atoms. The van der Waals surface area contributed by atoms with Crippen molar-refractivity contribution < 1.29 is 9.47 Å². The molecule has 0 atom stereocenters. The zero-order valence-corrected chi connectivity index (χ0v) is 22.2. The Labute approximate surface area is 205 Å². The molecule has 8 heteroatoms. The molecule has 0 unspecified atom stereocenters. The molecule has 2 saturated heterocycles. The summed E-state index contributed by atoms with van der Waals surface area (Å²) >= 11 is 2.11. The number of halogens is 1. The summed E-state index contributed by atoms with van der Waals surface area (Å²) in [6.07, 6.45) is 10.3. The van der Waals surface area contributed by atoms with Crippen LogP contribution in [0.2, 0.25) is 0 Å². The zero-order chi connectivity index (χ0) is 20.4. The fourth-order valence-electron chi connectivity index (χ4n) is 5.12. The van der Waals surface area contributed by atoms with Crippen molar-refractivity contribution in [2.24, 2.45) is 4.99 Å². The maximum absolute atomic E-state index is 6.02. The zero-order valence-electron chi connectivity index (χ0n) is 19.1. The van der Waals surface area contributed by atoms with E-state index in [0.29, 0.717) is 11.6 Å². The highest BCUT2D eigenvalue weighted by Crippen LogP contribution is 2.35. The van der Waals surface area contributed by atoms with Gasteiger partial charge >= 0.3 is 0 Å². The first-order valence-corrected chi connectivity index (χ1v) is 12.8. The Balaban J connectivity index is 0.00000320. The number of rotatable bonds is 8. The number of nitrogens with zero attached hydrogens (tertiary/aromatic N) is 3. The molecule has 176 valence electrons. The van der Waals surface area contributed by atoms with Crippen LogP contribution in [-0.4, -0.2) is 99.0 Å². The van der Waals surface area contributed by atoms with Gasteiger partial charge in [-0.3, -0.25) is 9.89 Å². The van der Waals surface area contributed by atoms with Gasteiger partial charge in [-0.2, -0.15) is 11.8 Å². The van der Waals surface area contributed by atoms with Gasteiger partial charge in [-0.05, 0) is 32.1 Å². The summed E-state index contributed by atoms with van der Waals surface area (Å²) in [5.74, 6) is 3.65. The highest BCUT2D eigenvalue weighted by atomic mass is 127. The largest absolute Gasteiger partial charge is 0.385 e. The Morgan fingerprint density at radius 3 is 2.40 bits per heavy atom. The molecule has 2 heterocycles. The lowest BCUT2D eigenvalue weighted by molar-refractivity contribution is 0.00952. The lowest BCUT2D eigenvalue weighted by Gasteiger charge is -2.48. The van der Waals surface area contributed by atoms with Crippen molar-refractivity contribution in [1.29, 1.82) is 0 Å². The molecule has 0 amide bonds. The van der Waals surface area contributed by atoms with E-state index in [1.165, 1.54) is 56.7 Å². The summed E-state index contributed by atoms with van der Waals surface area (Å²) in [4.78, 5) is 9.86. The van der Waals surface area contributed by atoms with Crippen molar-refractivity contribution in [2.45, 2.75) is 63.0 Å². The fraction of sp³-hybridized carbons (Fsp3) is 0.955. The SMILES string of the molecule is CN=C(NCC1(N2CCSCC2)CCCCC1)N1CCC(OCCCOC)CC1.I. The molecule has 3 aliphatic rings. The van der Waals surface area contributed by atoms with Crippen LogP contribution in [0.3, 0.4) is 0 Å². The molecular weight excluding hydrogens is 511 g/mol. The number of thioether (sulfide) groups is 1. The molecule has 1 N–H and O–H groups in total. The monoisotopic (exact) mass is 554 g/mol. The van der Waals surface area contributed by atoms with Crippen LogP contribution < -0.4 is 5.32 Å². The molecule has 1 aliphatic carbocycles. The molecule has 2 aliphatic heterocycles. The normalized spacial score (nSPS) is 23.8. The number of likely N-dealkylation sites (tertiary alicyclic amines) is 1. The third-order valence-corrected chi connectivity index (χ3v) is 7.78. The molecule has 0 aromatic rings. The molecule has 0 radical (unpaired) electrons. The molecule has 3 fully saturated rings. The average Bonchev–Trinajstić information content (AvgIpc) is 2.79. The van der Waals surface area contributed by atoms with Crippen molar-refractivity contribution in [3.8, 4) is 0 Å². The second-order valence-electron chi connectivity index (χ2n) is 8.69. The van der Waals surface area contributed by atoms with Crippen LogP contribution in [0.1, 0.15) is 51.4 Å². The fourth-order valence-corrected chi connectivity index (χ4v) is 6.02. The molecule has 1 saturated carbocycles. The topological polar surface area (TPSA) is 49.3 Å². The van der Waals surface area contributed by atoms with E-state index in [0.717, 1.165) is 58.1 Å². The predicted molar refractivity (Wildman–Crippen MR) is 139 cm³/mol. The number of piperidine rings is 1. The Morgan fingerprint density at radius 1 is 1.07 bits per heavy atom. The molecule has 0 spiro atoms. The van der Waals surface area contributed by atoms with Crippen LogP contribution in [0.4, 0.5) is 0 Å². The summed E-state index contributed by atoms with van der Waals surface area (Å²) in [7, 11) is 3.68. The van der Waals surface area contributed by atoms with Gasteiger partial charge in [-0.25, -0.2) is 0 Å². The molecule has 30 heavy (non-hydrogen) atoms. The lowest BCUT2D eigenvalue weighted by atomic mass is 9.80. The van der Waals surface area contributed by atoms with Gasteiger partial charge in [0.25, 0.3) is 0 Å². The third-order valence-electron chi connectivity index (χ3n) is 6.84. The van der Waals surface area contributed by atoms with E-state index in [1.807, 2.05) is 7.05 Å². The van der Waals surface area contributed by atoms with Crippen molar-refractivity contribution in [3.63, 3.8) is 0 Å². The summed E-state index contributed by atoms with van der Waals surface area (Å²) in [5.41, 5.74) is 0.331. The molecule has 3 rings (SSSR count). The second kappa shape index (κ2) is 14.4. The summed E-state index contributed by atoms with van der Waals surface area (Å²) in [5, 5.41) is 3.79. The minimum absolute atomic E-state index is 0. The molecule has 0 aromatic carbocycles. The van der Waals surface area contributed by atoms with Gasteiger partial charge in [-0.1, -0.05) is 19.3 Å². The second-order valence-corrected chi connectivity index (χ2v) is 9.91. The van der Waals surface area contributed by atoms with Crippen LogP contribution in [0, 0.1) is 0 Å². The minimum Gasteiger partial charge on any atom is -0.385 e. The number of methoxy groups -OCH3 is 1. The van der Waals surface area contributed by atoms with E-state index in [2.05, 4.69) is 31.9 Å².